The van der Waals surface area contributed by atoms with Gasteiger partial charge in [-0.15, -0.1) is 11.3 Å². The summed E-state index contributed by atoms with van der Waals surface area (Å²) in [5, 5.41) is 3.36. The minimum atomic E-state index is -3.68. The summed E-state index contributed by atoms with van der Waals surface area (Å²) in [6, 6.07) is 5.98. The highest BCUT2D eigenvalue weighted by Gasteiger charge is 2.31. The maximum atomic E-state index is 13.3. The Morgan fingerprint density at radius 2 is 1.72 bits per heavy atom. The predicted molar refractivity (Wildman–Crippen MR) is 142 cm³/mol. The van der Waals surface area contributed by atoms with Crippen molar-refractivity contribution in [3.63, 3.8) is 0 Å². The second-order valence-electron chi connectivity index (χ2n) is 10.2. The summed E-state index contributed by atoms with van der Waals surface area (Å²) >= 11 is 1.41. The first-order chi connectivity index (χ1) is 16.9. The molecule has 1 unspecified atom stereocenters. The average Bonchev–Trinajstić information content (AvgIpc) is 3.15. The van der Waals surface area contributed by atoms with Crippen LogP contribution in [0.2, 0.25) is 0 Å². The van der Waals surface area contributed by atoms with E-state index in [4.69, 9.17) is 4.74 Å². The van der Waals surface area contributed by atoms with Crippen molar-refractivity contribution in [2.75, 3.05) is 38.6 Å². The summed E-state index contributed by atoms with van der Waals surface area (Å²) < 4.78 is 33.3. The van der Waals surface area contributed by atoms with Crippen LogP contribution in [0.4, 0.5) is 5.00 Å². The predicted octanol–water partition coefficient (Wildman–Crippen LogP) is 3.05. The van der Waals surface area contributed by atoms with Crippen LogP contribution < -0.4 is 10.2 Å². The molecule has 1 aliphatic heterocycles. The van der Waals surface area contributed by atoms with Gasteiger partial charge in [0, 0.05) is 25.1 Å². The third kappa shape index (κ3) is 6.53. The van der Waals surface area contributed by atoms with E-state index in [0.717, 1.165) is 30.0 Å². The number of anilines is 1. The molecule has 1 aromatic heterocycles. The molecule has 36 heavy (non-hydrogen) atoms. The van der Waals surface area contributed by atoms with Gasteiger partial charge in [-0.25, -0.2) is 13.2 Å². The number of nitrogens with zero attached hydrogens (tertiary/aromatic N) is 1. The molecule has 3 rings (SSSR count). The number of thiophene rings is 1. The van der Waals surface area contributed by atoms with Crippen molar-refractivity contribution in [3.05, 3.63) is 45.8 Å². The van der Waals surface area contributed by atoms with Gasteiger partial charge in [-0.05, 0) is 48.6 Å². The van der Waals surface area contributed by atoms with Crippen molar-refractivity contribution in [2.24, 2.45) is 11.8 Å². The maximum absolute atomic E-state index is 13.3. The minimum Gasteiger partial charge on any atom is -0.462 e. The zero-order valence-corrected chi connectivity index (χ0v) is 23.6. The van der Waals surface area contributed by atoms with Gasteiger partial charge in [0.2, 0.25) is 10.0 Å². The molecule has 0 spiro atoms. The van der Waals surface area contributed by atoms with Crippen LogP contribution in [-0.2, 0) is 27.7 Å². The van der Waals surface area contributed by atoms with E-state index in [2.05, 4.69) is 12.4 Å². The van der Waals surface area contributed by atoms with Crippen LogP contribution in [0.3, 0.4) is 0 Å². The van der Waals surface area contributed by atoms with Gasteiger partial charge in [-0.3, -0.25) is 4.79 Å². The minimum absolute atomic E-state index is 0.158. The Morgan fingerprint density at radius 1 is 1.11 bits per heavy atom. The number of carbonyl (C=O) groups excluding carboxylic acids is 2. The molecule has 2 heterocycles. The summed E-state index contributed by atoms with van der Waals surface area (Å²) in [6.07, 6.45) is 0.748. The molecule has 198 valence electrons. The molecular formula is C26H38N3O5S2+. The van der Waals surface area contributed by atoms with E-state index in [1.54, 1.807) is 6.92 Å². The molecule has 10 heteroatoms. The van der Waals surface area contributed by atoms with Gasteiger partial charge < -0.3 is 15.0 Å². The summed E-state index contributed by atoms with van der Waals surface area (Å²) in [7, 11) is -1.58. The molecule has 1 aromatic carbocycles. The van der Waals surface area contributed by atoms with Crippen molar-refractivity contribution >= 4 is 38.2 Å². The molecule has 0 saturated heterocycles. The van der Waals surface area contributed by atoms with Crippen LogP contribution in [0, 0.1) is 11.8 Å². The molecule has 0 aliphatic carbocycles. The number of rotatable bonds is 10. The number of hydrogen-bond donors (Lipinski definition) is 2. The zero-order chi connectivity index (χ0) is 26.6. The number of esters is 1. The first kappa shape index (κ1) is 28.3. The number of ether oxygens (including phenoxy) is 1. The van der Waals surface area contributed by atoms with Crippen molar-refractivity contribution in [1.82, 2.24) is 4.31 Å². The SMILES string of the molecule is CCOC(=O)c1c(NC(=O)c2ccc(S(=O)(=O)N(CC(C)C)CC(C)C)cc2)sc2c1CC[NH+](C)C2. The van der Waals surface area contributed by atoms with Crippen molar-refractivity contribution in [2.45, 2.75) is 52.5 Å². The highest BCUT2D eigenvalue weighted by atomic mass is 32.2. The van der Waals surface area contributed by atoms with Gasteiger partial charge in [0.05, 0.1) is 35.5 Å². The Labute approximate surface area is 218 Å². The Hall–Kier alpha value is -2.27. The van der Waals surface area contributed by atoms with Crippen LogP contribution in [0.5, 0.6) is 0 Å². The summed E-state index contributed by atoms with van der Waals surface area (Å²) in [6.45, 7) is 12.5. The van der Waals surface area contributed by atoms with Gasteiger partial charge in [0.15, 0.2) is 0 Å². The molecule has 2 aromatic rings. The van der Waals surface area contributed by atoms with E-state index in [-0.39, 0.29) is 23.3 Å². The van der Waals surface area contributed by atoms with Crippen molar-refractivity contribution in [3.8, 4) is 0 Å². The fourth-order valence-corrected chi connectivity index (χ4v) is 7.43. The lowest BCUT2D eigenvalue weighted by molar-refractivity contribution is -0.895. The fourth-order valence-electron chi connectivity index (χ4n) is 4.32. The topological polar surface area (TPSA) is 97.2 Å². The number of carbonyl (C=O) groups is 2. The van der Waals surface area contributed by atoms with E-state index >= 15 is 0 Å². The third-order valence-corrected chi connectivity index (χ3v) is 8.95. The first-order valence-electron chi connectivity index (χ1n) is 12.5. The lowest BCUT2D eigenvalue weighted by Crippen LogP contribution is -3.08. The number of hydrogen-bond acceptors (Lipinski definition) is 6. The largest absolute Gasteiger partial charge is 0.462 e. The van der Waals surface area contributed by atoms with Crippen molar-refractivity contribution < 1.29 is 27.6 Å². The lowest BCUT2D eigenvalue weighted by Gasteiger charge is -2.25. The van der Waals surface area contributed by atoms with Gasteiger partial charge in [0.25, 0.3) is 5.91 Å². The fraction of sp³-hybridized carbons (Fsp3) is 0.538. The van der Waals surface area contributed by atoms with E-state index in [1.165, 1.54) is 44.8 Å². The van der Waals surface area contributed by atoms with Crippen LogP contribution >= 0.6 is 11.3 Å². The van der Waals surface area contributed by atoms with Gasteiger partial charge in [0.1, 0.15) is 11.5 Å². The lowest BCUT2D eigenvalue weighted by atomic mass is 10.0. The molecule has 1 aliphatic rings. The summed E-state index contributed by atoms with van der Waals surface area (Å²) in [5.41, 5.74) is 1.71. The van der Waals surface area contributed by atoms with Gasteiger partial charge in [-0.1, -0.05) is 27.7 Å². The summed E-state index contributed by atoms with van der Waals surface area (Å²) in [4.78, 5) is 28.4. The Balaban J connectivity index is 1.85. The number of likely N-dealkylation sites (N-methyl/N-ethyl adjacent to an activating group) is 1. The molecule has 1 amide bonds. The highest BCUT2D eigenvalue weighted by molar-refractivity contribution is 7.89. The number of quaternary nitrogens is 1. The maximum Gasteiger partial charge on any atom is 0.341 e. The smallest absolute Gasteiger partial charge is 0.341 e. The molecule has 1 atom stereocenters. The molecule has 0 bridgehead atoms. The normalized spacial score (nSPS) is 15.9. The van der Waals surface area contributed by atoms with Crippen LogP contribution in [0.15, 0.2) is 29.2 Å². The first-order valence-corrected chi connectivity index (χ1v) is 14.7. The number of sulfonamides is 1. The Bertz CT molecular complexity index is 1180. The number of fused-ring (bicyclic) bond motifs is 1. The molecule has 0 radical (unpaired) electrons. The molecule has 2 N–H and O–H groups in total. The summed E-state index contributed by atoms with van der Waals surface area (Å²) in [5.74, 6) is -0.447. The monoisotopic (exact) mass is 536 g/mol. The van der Waals surface area contributed by atoms with Crippen molar-refractivity contribution in [1.29, 1.82) is 0 Å². The van der Waals surface area contributed by atoms with Gasteiger partial charge in [-0.2, -0.15) is 4.31 Å². The average molecular weight is 537 g/mol. The standard InChI is InChI=1S/C26H37N3O5S2/c1-7-34-26(31)23-21-12-13-28(6)16-22(21)35-25(23)27-24(30)19-8-10-20(11-9-19)36(32,33)29(14-17(2)3)15-18(4)5/h8-11,17-18H,7,12-16H2,1-6H3,(H,27,30)/p+1. The molecule has 8 nitrogen and oxygen atoms in total. The second-order valence-corrected chi connectivity index (χ2v) is 13.2. The Kier molecular flexibility index (Phi) is 9.32. The number of nitrogens with one attached hydrogen (secondary N) is 2. The number of amides is 1. The third-order valence-electron chi connectivity index (χ3n) is 5.95. The van der Waals surface area contributed by atoms with E-state index in [9.17, 15) is 18.0 Å². The highest BCUT2D eigenvalue weighted by Crippen LogP contribution is 2.35. The quantitative estimate of drug-likeness (QED) is 0.455. The molecule has 0 saturated carbocycles. The van der Waals surface area contributed by atoms with E-state index < -0.39 is 21.9 Å². The van der Waals surface area contributed by atoms with Crippen LogP contribution in [-0.4, -0.2) is 57.9 Å². The van der Waals surface area contributed by atoms with Gasteiger partial charge >= 0.3 is 5.97 Å². The van der Waals surface area contributed by atoms with E-state index in [0.29, 0.717) is 29.2 Å². The second kappa shape index (κ2) is 11.9. The number of benzene rings is 1. The van der Waals surface area contributed by atoms with Crippen LogP contribution in [0.25, 0.3) is 0 Å². The van der Waals surface area contributed by atoms with Crippen LogP contribution in [0.1, 0.15) is 65.8 Å². The Morgan fingerprint density at radius 3 is 2.28 bits per heavy atom. The molecular weight excluding hydrogens is 498 g/mol. The zero-order valence-electron chi connectivity index (χ0n) is 22.0. The van der Waals surface area contributed by atoms with E-state index in [1.807, 2.05) is 27.7 Å². The molecule has 0 fully saturated rings.